The molecule has 0 radical (unpaired) electrons. The Labute approximate surface area is 139 Å². The summed E-state index contributed by atoms with van der Waals surface area (Å²) in [5, 5.41) is 0. The van der Waals surface area contributed by atoms with Crippen LogP contribution < -0.4 is 18.9 Å². The van der Waals surface area contributed by atoms with Crippen LogP contribution in [0.2, 0.25) is 0 Å². The average molecular weight is 384 g/mol. The van der Waals surface area contributed by atoms with Crippen LogP contribution in [0, 0.1) is 0 Å². The van der Waals surface area contributed by atoms with Gasteiger partial charge in [-0.3, -0.25) is 0 Å². The summed E-state index contributed by atoms with van der Waals surface area (Å²) < 4.78 is 1.78. The molecule has 18 heavy (non-hydrogen) atoms. The summed E-state index contributed by atoms with van der Waals surface area (Å²) in [5.74, 6) is 0. The summed E-state index contributed by atoms with van der Waals surface area (Å²) >= 11 is 6.91. The third kappa shape index (κ3) is 4.46. The van der Waals surface area contributed by atoms with Gasteiger partial charge >= 0.3 is 18.9 Å². The fraction of sp³-hybridized carbons (Fsp3) is 0.462. The van der Waals surface area contributed by atoms with Crippen molar-refractivity contribution in [1.29, 1.82) is 0 Å². The van der Waals surface area contributed by atoms with E-state index in [0.717, 1.165) is 23.1 Å². The van der Waals surface area contributed by atoms with E-state index in [4.69, 9.17) is 0 Å². The number of halogens is 2. The van der Waals surface area contributed by atoms with E-state index in [1.54, 1.807) is 0 Å². The third-order valence-electron chi connectivity index (χ3n) is 3.05. The Balaban J connectivity index is 0.00000162. The van der Waals surface area contributed by atoms with E-state index in [-0.39, 0.29) is 24.4 Å². The molecule has 1 aliphatic carbocycles. The van der Waals surface area contributed by atoms with Gasteiger partial charge in [-0.1, -0.05) is 70.0 Å². The molecule has 0 heterocycles. The molecule has 92 valence electrons. The van der Waals surface area contributed by atoms with Crippen LogP contribution in [0.4, 0.5) is 0 Å². The van der Waals surface area contributed by atoms with Crippen molar-refractivity contribution in [3.8, 4) is 0 Å². The number of hydrogen-bond donors (Lipinski definition) is 0. The molecule has 0 amide bonds. The van der Waals surface area contributed by atoms with Gasteiger partial charge in [0.2, 0.25) is 0 Å². The van der Waals surface area contributed by atoms with Gasteiger partial charge in [-0.25, -0.2) is 0 Å². The van der Waals surface area contributed by atoms with Crippen molar-refractivity contribution in [3.05, 3.63) is 32.7 Å². The molecule has 1 saturated carbocycles. The molecule has 1 aromatic rings. The van der Waals surface area contributed by atoms with Crippen LogP contribution in [0.25, 0.3) is 0 Å². The minimum Gasteiger partial charge on any atom is -0.456 e. The van der Waals surface area contributed by atoms with Gasteiger partial charge in [0.25, 0.3) is 0 Å². The number of hydrogen-bond acceptors (Lipinski definition) is 1. The molecule has 0 aromatic heterocycles. The molecule has 0 bridgehead atoms. The van der Waals surface area contributed by atoms with Crippen LogP contribution in [-0.2, 0) is 0 Å². The Morgan fingerprint density at radius 1 is 1.11 bits per heavy atom. The normalized spacial score (nSPS) is 16.8. The molecular formula is C13H14Br2LiOP. The second-order valence-electron chi connectivity index (χ2n) is 4.32. The molecule has 1 aliphatic rings. The van der Waals surface area contributed by atoms with E-state index < -0.39 is 0 Å². The molecular weight excluding hydrogens is 370 g/mol. The summed E-state index contributed by atoms with van der Waals surface area (Å²) in [6, 6.07) is 5.78. The van der Waals surface area contributed by atoms with Gasteiger partial charge in [0.1, 0.15) is 0 Å². The van der Waals surface area contributed by atoms with Crippen molar-refractivity contribution >= 4 is 46.0 Å². The summed E-state index contributed by atoms with van der Waals surface area (Å²) in [7, 11) is 0.965. The topological polar surface area (TPSA) is 17.1 Å². The molecule has 2 rings (SSSR count). The molecule has 1 fully saturated rings. The Morgan fingerprint density at radius 3 is 2.22 bits per heavy atom. The van der Waals surface area contributed by atoms with Gasteiger partial charge in [0, 0.05) is 20.0 Å². The smallest absolute Gasteiger partial charge is 0.456 e. The minimum absolute atomic E-state index is 0. The van der Waals surface area contributed by atoms with Crippen molar-refractivity contribution in [1.82, 2.24) is 0 Å². The van der Waals surface area contributed by atoms with Gasteiger partial charge in [-0.2, -0.15) is 5.66 Å². The van der Waals surface area contributed by atoms with Crippen molar-refractivity contribution < 1.29 is 23.7 Å². The molecule has 1 aromatic carbocycles. The van der Waals surface area contributed by atoms with Crippen molar-refractivity contribution in [2.75, 3.05) is 0 Å². The molecule has 0 N–H and O–H groups in total. The Bertz CT molecular complexity index is 399. The standard InChI is InChI=1S/C13H14Br2OP.Li/c14-10-7-4-8-11(15)12(10)13(16)17-9-5-2-1-3-6-9;/h4,7-9H,1-3,5-6H2;/q-1;+1. The Hall–Kier alpha value is 0.877. The largest absolute Gasteiger partial charge is 1.00 e. The number of carbonyl (C=O) groups excluding carboxylic acids is 1. The van der Waals surface area contributed by atoms with Crippen molar-refractivity contribution in [3.63, 3.8) is 0 Å². The zero-order valence-corrected chi connectivity index (χ0v) is 14.5. The van der Waals surface area contributed by atoms with Crippen LogP contribution >= 0.6 is 40.4 Å². The quantitative estimate of drug-likeness (QED) is 0.579. The Morgan fingerprint density at radius 2 is 1.67 bits per heavy atom. The SMILES string of the molecule is O=C([P-]C1CCCCC1)c1c(Br)cccc1Br.[Li+]. The maximum atomic E-state index is 12.3. The first kappa shape index (κ1) is 16.9. The van der Waals surface area contributed by atoms with Crippen LogP contribution in [0.3, 0.4) is 0 Å². The average Bonchev–Trinajstić information content (AvgIpc) is 2.30. The summed E-state index contributed by atoms with van der Waals surface area (Å²) in [6.45, 7) is 0. The summed E-state index contributed by atoms with van der Waals surface area (Å²) in [4.78, 5) is 12.3. The van der Waals surface area contributed by atoms with E-state index in [1.807, 2.05) is 18.2 Å². The van der Waals surface area contributed by atoms with Crippen LogP contribution in [0.1, 0.15) is 42.5 Å². The van der Waals surface area contributed by atoms with Crippen LogP contribution in [-0.4, -0.2) is 11.2 Å². The first-order valence-electron chi connectivity index (χ1n) is 5.87. The molecule has 0 saturated heterocycles. The van der Waals surface area contributed by atoms with E-state index in [1.165, 1.54) is 32.1 Å². The zero-order chi connectivity index (χ0) is 12.3. The first-order valence-corrected chi connectivity index (χ1v) is 8.42. The molecule has 0 spiro atoms. The molecule has 0 atom stereocenters. The minimum atomic E-state index is 0. The zero-order valence-electron chi connectivity index (χ0n) is 10.5. The fourth-order valence-corrected chi connectivity index (χ4v) is 5.13. The maximum Gasteiger partial charge on any atom is 1.00 e. The number of benzene rings is 1. The number of carbonyl (C=O) groups is 1. The monoisotopic (exact) mass is 382 g/mol. The van der Waals surface area contributed by atoms with E-state index >= 15 is 0 Å². The predicted molar refractivity (Wildman–Crippen MR) is 80.0 cm³/mol. The molecule has 1 nitrogen and oxygen atoms in total. The van der Waals surface area contributed by atoms with E-state index in [2.05, 4.69) is 31.9 Å². The van der Waals surface area contributed by atoms with Gasteiger partial charge < -0.3 is 13.4 Å². The first-order chi connectivity index (χ1) is 8.18. The van der Waals surface area contributed by atoms with E-state index in [0.29, 0.717) is 5.66 Å². The van der Waals surface area contributed by atoms with Crippen molar-refractivity contribution in [2.45, 2.75) is 37.8 Å². The van der Waals surface area contributed by atoms with Gasteiger partial charge in [0.15, 0.2) is 0 Å². The summed E-state index contributed by atoms with van der Waals surface area (Å²) in [6.07, 6.45) is 6.30. The molecule has 5 heteroatoms. The third-order valence-corrected chi connectivity index (χ3v) is 5.71. The fourth-order valence-electron chi connectivity index (χ4n) is 2.14. The Kier molecular flexibility index (Phi) is 7.74. The second kappa shape index (κ2) is 8.23. The van der Waals surface area contributed by atoms with Crippen LogP contribution in [0.15, 0.2) is 27.1 Å². The van der Waals surface area contributed by atoms with E-state index in [9.17, 15) is 4.79 Å². The predicted octanol–water partition coefficient (Wildman–Crippen LogP) is 2.63. The van der Waals surface area contributed by atoms with Gasteiger partial charge in [0.05, 0.1) is 0 Å². The second-order valence-corrected chi connectivity index (χ2v) is 7.43. The number of rotatable bonds is 3. The maximum absolute atomic E-state index is 12.3. The summed E-state index contributed by atoms with van der Waals surface area (Å²) in [5.41, 5.74) is 1.59. The van der Waals surface area contributed by atoms with Gasteiger partial charge in [-0.05, 0) is 12.1 Å². The van der Waals surface area contributed by atoms with Crippen molar-refractivity contribution in [2.24, 2.45) is 0 Å². The van der Waals surface area contributed by atoms with Gasteiger partial charge in [-0.15, -0.1) is 0 Å². The van der Waals surface area contributed by atoms with Crippen LogP contribution in [0.5, 0.6) is 0 Å². The molecule has 0 aliphatic heterocycles. The molecule has 0 unspecified atom stereocenters.